The molecule has 0 spiro atoms. The van der Waals surface area contributed by atoms with Crippen LogP contribution in [0.3, 0.4) is 0 Å². The monoisotopic (exact) mass is 526 g/mol. The average molecular weight is 527 g/mol. The summed E-state index contributed by atoms with van der Waals surface area (Å²) in [6.07, 6.45) is 0.0563. The Balaban J connectivity index is 1.33. The quantitative estimate of drug-likeness (QED) is 0.194. The summed E-state index contributed by atoms with van der Waals surface area (Å²) in [7, 11) is 0. The van der Waals surface area contributed by atoms with Gasteiger partial charge in [0.05, 0.1) is 32.5 Å². The van der Waals surface area contributed by atoms with Crippen LogP contribution in [0.1, 0.15) is 23.1 Å². The SMILES string of the molecule is c1ccc(COCC2O[C@@H](Sc3ccccc3)CC(OCc3ccccc3)[C@@H]2OCc2ccccc2)cc1. The number of ether oxygens (including phenoxy) is 4. The number of rotatable bonds is 12. The predicted octanol–water partition coefficient (Wildman–Crippen LogP) is 7.28. The van der Waals surface area contributed by atoms with Crippen molar-refractivity contribution in [1.82, 2.24) is 0 Å². The van der Waals surface area contributed by atoms with Gasteiger partial charge in [-0.05, 0) is 28.8 Å². The van der Waals surface area contributed by atoms with Crippen molar-refractivity contribution in [3.63, 3.8) is 0 Å². The van der Waals surface area contributed by atoms with Crippen LogP contribution in [-0.2, 0) is 38.8 Å². The number of hydrogen-bond donors (Lipinski definition) is 0. The van der Waals surface area contributed by atoms with Crippen molar-refractivity contribution in [2.75, 3.05) is 6.61 Å². The van der Waals surface area contributed by atoms with Crippen LogP contribution in [0.4, 0.5) is 0 Å². The first kappa shape index (κ1) is 26.7. The van der Waals surface area contributed by atoms with Crippen LogP contribution in [0, 0.1) is 0 Å². The molecule has 196 valence electrons. The van der Waals surface area contributed by atoms with Gasteiger partial charge >= 0.3 is 0 Å². The third-order valence-electron chi connectivity index (χ3n) is 6.48. The molecule has 2 unspecified atom stereocenters. The normalized spacial score (nSPS) is 21.3. The summed E-state index contributed by atoms with van der Waals surface area (Å²) in [4.78, 5) is 1.17. The van der Waals surface area contributed by atoms with Gasteiger partial charge in [-0.25, -0.2) is 0 Å². The summed E-state index contributed by atoms with van der Waals surface area (Å²) in [6.45, 7) is 1.96. The van der Waals surface area contributed by atoms with E-state index in [1.165, 1.54) is 4.90 Å². The zero-order valence-electron chi connectivity index (χ0n) is 21.4. The van der Waals surface area contributed by atoms with E-state index in [1.807, 2.05) is 60.7 Å². The number of thioether (sulfide) groups is 1. The Bertz CT molecular complexity index is 1190. The minimum Gasteiger partial charge on any atom is -0.374 e. The van der Waals surface area contributed by atoms with Crippen LogP contribution < -0.4 is 0 Å². The first-order valence-electron chi connectivity index (χ1n) is 13.1. The zero-order valence-corrected chi connectivity index (χ0v) is 22.2. The highest BCUT2D eigenvalue weighted by molar-refractivity contribution is 7.99. The lowest BCUT2D eigenvalue weighted by Gasteiger charge is -2.41. The molecule has 0 radical (unpaired) electrons. The molecule has 1 heterocycles. The Labute approximate surface area is 229 Å². The van der Waals surface area contributed by atoms with E-state index in [-0.39, 0.29) is 23.7 Å². The van der Waals surface area contributed by atoms with E-state index in [2.05, 4.69) is 60.7 Å². The fourth-order valence-electron chi connectivity index (χ4n) is 4.54. The van der Waals surface area contributed by atoms with Gasteiger partial charge in [0.15, 0.2) is 0 Å². The molecule has 1 aliphatic rings. The highest BCUT2D eigenvalue weighted by Crippen LogP contribution is 2.36. The lowest BCUT2D eigenvalue weighted by Crippen LogP contribution is -2.51. The highest BCUT2D eigenvalue weighted by Gasteiger charge is 2.41. The van der Waals surface area contributed by atoms with Crippen molar-refractivity contribution in [3.8, 4) is 0 Å². The Hall–Kier alpha value is -2.93. The van der Waals surface area contributed by atoms with E-state index < -0.39 is 0 Å². The lowest BCUT2D eigenvalue weighted by molar-refractivity contribution is -0.204. The van der Waals surface area contributed by atoms with E-state index in [0.29, 0.717) is 26.4 Å². The second-order valence-corrected chi connectivity index (χ2v) is 10.6. The van der Waals surface area contributed by atoms with Gasteiger partial charge in [0.1, 0.15) is 17.6 Å². The van der Waals surface area contributed by atoms with Gasteiger partial charge < -0.3 is 18.9 Å². The van der Waals surface area contributed by atoms with Crippen molar-refractivity contribution in [2.24, 2.45) is 0 Å². The summed E-state index contributed by atoms with van der Waals surface area (Å²) in [5.74, 6) is 0. The molecule has 38 heavy (non-hydrogen) atoms. The summed E-state index contributed by atoms with van der Waals surface area (Å²) in [5.41, 5.74) is 3.33. The molecule has 0 amide bonds. The third kappa shape index (κ3) is 8.03. The maximum atomic E-state index is 6.64. The van der Waals surface area contributed by atoms with Gasteiger partial charge in [0.25, 0.3) is 0 Å². The molecule has 0 aliphatic carbocycles. The Kier molecular flexibility index (Phi) is 10.0. The van der Waals surface area contributed by atoms with Crippen LogP contribution in [0.2, 0.25) is 0 Å². The van der Waals surface area contributed by atoms with Crippen LogP contribution in [-0.4, -0.2) is 30.4 Å². The molecule has 0 N–H and O–H groups in total. The second-order valence-electron chi connectivity index (χ2n) is 9.37. The Morgan fingerprint density at radius 2 is 1.11 bits per heavy atom. The first-order valence-corrected chi connectivity index (χ1v) is 14.0. The van der Waals surface area contributed by atoms with Crippen LogP contribution >= 0.6 is 11.8 Å². The Morgan fingerprint density at radius 3 is 1.68 bits per heavy atom. The molecular formula is C33H34O4S. The maximum Gasteiger partial charge on any atom is 0.113 e. The minimum absolute atomic E-state index is 0.0694. The van der Waals surface area contributed by atoms with Crippen molar-refractivity contribution >= 4 is 11.8 Å². The molecular weight excluding hydrogens is 492 g/mol. The fraction of sp³-hybridized carbons (Fsp3) is 0.273. The van der Waals surface area contributed by atoms with Gasteiger partial charge in [-0.1, -0.05) is 121 Å². The molecule has 4 aromatic rings. The van der Waals surface area contributed by atoms with E-state index in [9.17, 15) is 0 Å². The summed E-state index contributed by atoms with van der Waals surface area (Å²) >= 11 is 1.73. The lowest BCUT2D eigenvalue weighted by atomic mass is 10.0. The Morgan fingerprint density at radius 1 is 0.605 bits per heavy atom. The summed E-state index contributed by atoms with van der Waals surface area (Å²) in [5, 5.41) is 0. The van der Waals surface area contributed by atoms with E-state index in [0.717, 1.165) is 23.1 Å². The summed E-state index contributed by atoms with van der Waals surface area (Å²) < 4.78 is 25.9. The van der Waals surface area contributed by atoms with Gasteiger partial charge in [-0.2, -0.15) is 0 Å². The topological polar surface area (TPSA) is 36.9 Å². The largest absolute Gasteiger partial charge is 0.374 e. The predicted molar refractivity (Wildman–Crippen MR) is 152 cm³/mol. The van der Waals surface area contributed by atoms with E-state index in [1.54, 1.807) is 11.8 Å². The first-order chi connectivity index (χ1) is 18.8. The fourth-order valence-corrected chi connectivity index (χ4v) is 5.64. The summed E-state index contributed by atoms with van der Waals surface area (Å²) in [6, 6.07) is 41.1. The molecule has 4 aromatic carbocycles. The van der Waals surface area contributed by atoms with Crippen molar-refractivity contribution < 1.29 is 18.9 Å². The van der Waals surface area contributed by atoms with Crippen molar-refractivity contribution in [1.29, 1.82) is 0 Å². The van der Waals surface area contributed by atoms with Crippen LogP contribution in [0.15, 0.2) is 126 Å². The molecule has 0 saturated carbocycles. The van der Waals surface area contributed by atoms with Gasteiger partial charge in [0.2, 0.25) is 0 Å². The molecule has 5 heteroatoms. The standard InChI is InChI=1S/C33H34O4S/c1-5-13-26(14-6-1)22-34-25-31-33(36-24-28-17-9-3-10-18-28)30(35-23-27-15-7-2-8-16-27)21-32(37-31)38-29-19-11-4-12-20-29/h1-20,30-33H,21-25H2/t30?,31?,32-,33-/m0/s1. The van der Waals surface area contributed by atoms with E-state index in [4.69, 9.17) is 18.9 Å². The maximum absolute atomic E-state index is 6.64. The molecule has 4 nitrogen and oxygen atoms in total. The van der Waals surface area contributed by atoms with Gasteiger partial charge in [0, 0.05) is 11.3 Å². The molecule has 4 atom stereocenters. The van der Waals surface area contributed by atoms with Crippen LogP contribution in [0.5, 0.6) is 0 Å². The van der Waals surface area contributed by atoms with Crippen molar-refractivity contribution in [2.45, 2.75) is 54.9 Å². The molecule has 0 bridgehead atoms. The molecule has 1 saturated heterocycles. The average Bonchev–Trinajstić information content (AvgIpc) is 2.98. The van der Waals surface area contributed by atoms with Gasteiger partial charge in [-0.3, -0.25) is 0 Å². The molecule has 1 fully saturated rings. The molecule has 1 aliphatic heterocycles. The molecule has 0 aromatic heterocycles. The number of hydrogen-bond acceptors (Lipinski definition) is 5. The molecule has 5 rings (SSSR count). The zero-order chi connectivity index (χ0) is 25.8. The smallest absolute Gasteiger partial charge is 0.113 e. The van der Waals surface area contributed by atoms with Crippen LogP contribution in [0.25, 0.3) is 0 Å². The van der Waals surface area contributed by atoms with Gasteiger partial charge in [-0.15, -0.1) is 0 Å². The number of benzene rings is 4. The second kappa shape index (κ2) is 14.3. The van der Waals surface area contributed by atoms with E-state index >= 15 is 0 Å². The van der Waals surface area contributed by atoms with Crippen molar-refractivity contribution in [3.05, 3.63) is 138 Å². The minimum atomic E-state index is -0.266. The third-order valence-corrected chi connectivity index (χ3v) is 7.59. The highest BCUT2D eigenvalue weighted by atomic mass is 32.2.